The number of anilines is 1. The average molecular weight is 347 g/mol. The summed E-state index contributed by atoms with van der Waals surface area (Å²) in [5.74, 6) is 0.139. The zero-order chi connectivity index (χ0) is 17.2. The van der Waals surface area contributed by atoms with E-state index in [0.717, 1.165) is 5.56 Å². The van der Waals surface area contributed by atoms with Gasteiger partial charge in [0.1, 0.15) is 24.3 Å². The number of hydrogen-bond acceptors (Lipinski definition) is 8. The Morgan fingerprint density at radius 1 is 1.50 bits per heavy atom. The molecule has 1 atom stereocenters. The second-order valence-corrected chi connectivity index (χ2v) is 6.26. The van der Waals surface area contributed by atoms with Crippen LogP contribution in [0.4, 0.5) is 5.82 Å². The predicted octanol–water partition coefficient (Wildman–Crippen LogP) is 1.38. The fourth-order valence-corrected chi connectivity index (χ4v) is 3.05. The molecule has 9 heteroatoms. The molecule has 0 saturated heterocycles. The van der Waals surface area contributed by atoms with Crippen molar-refractivity contribution in [3.8, 4) is 0 Å². The molecule has 3 heterocycles. The van der Waals surface area contributed by atoms with E-state index in [1.807, 2.05) is 16.8 Å². The molecule has 2 N–H and O–H groups in total. The first-order valence-electron chi connectivity index (χ1n) is 7.23. The van der Waals surface area contributed by atoms with Gasteiger partial charge >= 0.3 is 5.97 Å². The summed E-state index contributed by atoms with van der Waals surface area (Å²) in [5, 5.41) is 22.4. The smallest absolute Gasteiger partial charge is 0.327 e. The van der Waals surface area contributed by atoms with E-state index in [2.05, 4.69) is 25.1 Å². The molecule has 1 unspecified atom stereocenters. The Balaban J connectivity index is 1.82. The normalized spacial score (nSPS) is 13.6. The van der Waals surface area contributed by atoms with Crippen molar-refractivity contribution in [1.29, 1.82) is 0 Å². The highest BCUT2D eigenvalue weighted by atomic mass is 32.1. The third kappa shape index (κ3) is 3.22. The summed E-state index contributed by atoms with van der Waals surface area (Å²) in [7, 11) is 1.32. The number of ether oxygens (including phenoxy) is 1. The monoisotopic (exact) mass is 347 g/mol. The average Bonchev–Trinajstić information content (AvgIpc) is 3.23. The van der Waals surface area contributed by atoms with Crippen LogP contribution < -0.4 is 5.32 Å². The molecule has 0 bridgehead atoms. The molecule has 0 aromatic carbocycles. The third-order valence-electron chi connectivity index (χ3n) is 3.68. The number of carbonyl (C=O) groups excluding carboxylic acids is 1. The van der Waals surface area contributed by atoms with E-state index in [0.29, 0.717) is 16.9 Å². The van der Waals surface area contributed by atoms with E-state index in [4.69, 9.17) is 0 Å². The number of hydrogen-bond donors (Lipinski definition) is 2. The van der Waals surface area contributed by atoms with E-state index in [1.165, 1.54) is 29.5 Å². The lowest BCUT2D eigenvalue weighted by atomic mass is 9.99. The van der Waals surface area contributed by atoms with Crippen LogP contribution in [-0.4, -0.2) is 44.5 Å². The Morgan fingerprint density at radius 3 is 3.04 bits per heavy atom. The quantitative estimate of drug-likeness (QED) is 0.649. The van der Waals surface area contributed by atoms with Gasteiger partial charge in [0.05, 0.1) is 18.7 Å². The Hall–Kier alpha value is -2.52. The van der Waals surface area contributed by atoms with Gasteiger partial charge in [0.15, 0.2) is 5.65 Å². The number of methoxy groups -OCH3 is 1. The molecule has 8 nitrogen and oxygen atoms in total. The van der Waals surface area contributed by atoms with Gasteiger partial charge in [-0.2, -0.15) is 16.4 Å². The maximum absolute atomic E-state index is 11.4. The van der Waals surface area contributed by atoms with Gasteiger partial charge in [-0.1, -0.05) is 0 Å². The molecular formula is C15H17N5O3S. The number of aromatic nitrogens is 4. The number of fused-ring (bicyclic) bond motifs is 1. The van der Waals surface area contributed by atoms with E-state index >= 15 is 0 Å². The minimum absolute atomic E-state index is 0.0247. The Labute approximate surface area is 142 Å². The largest absolute Gasteiger partial charge is 0.468 e. The number of aliphatic hydroxyl groups is 1. The van der Waals surface area contributed by atoms with E-state index in [1.54, 1.807) is 13.1 Å². The van der Waals surface area contributed by atoms with E-state index < -0.39 is 11.6 Å². The lowest BCUT2D eigenvalue weighted by Crippen LogP contribution is -2.30. The summed E-state index contributed by atoms with van der Waals surface area (Å²) in [5.41, 5.74) is 0.332. The molecule has 0 fully saturated rings. The molecule has 3 aromatic rings. The van der Waals surface area contributed by atoms with Gasteiger partial charge in [0.25, 0.3) is 0 Å². The van der Waals surface area contributed by atoms with Crippen molar-refractivity contribution >= 4 is 34.2 Å². The first kappa shape index (κ1) is 16.3. The number of carbonyl (C=O) groups is 1. The number of nitrogens with one attached hydrogen (secondary N) is 1. The minimum atomic E-state index is -1.03. The fraction of sp³-hybridized carbons (Fsp3) is 0.333. The SMILES string of the molecule is COC(=O)Cn1ncc2c(NCC(C)(O)c3ccsc3)ncnc21. The van der Waals surface area contributed by atoms with Crippen LogP contribution in [0.15, 0.2) is 29.4 Å². The molecule has 0 aliphatic carbocycles. The summed E-state index contributed by atoms with van der Waals surface area (Å²) in [6, 6.07) is 1.89. The number of rotatable bonds is 6. The summed E-state index contributed by atoms with van der Waals surface area (Å²) in [4.78, 5) is 19.8. The number of thiophene rings is 1. The van der Waals surface area contributed by atoms with Crippen LogP contribution in [0.5, 0.6) is 0 Å². The van der Waals surface area contributed by atoms with Crippen molar-refractivity contribution in [1.82, 2.24) is 19.7 Å². The lowest BCUT2D eigenvalue weighted by Gasteiger charge is -2.23. The zero-order valence-electron chi connectivity index (χ0n) is 13.3. The van der Waals surface area contributed by atoms with Gasteiger partial charge < -0.3 is 15.2 Å². The molecule has 0 saturated carbocycles. The predicted molar refractivity (Wildman–Crippen MR) is 89.7 cm³/mol. The van der Waals surface area contributed by atoms with Crippen LogP contribution in [-0.2, 0) is 21.7 Å². The van der Waals surface area contributed by atoms with Gasteiger partial charge in [-0.3, -0.25) is 4.79 Å². The van der Waals surface area contributed by atoms with Crippen molar-refractivity contribution in [2.45, 2.75) is 19.1 Å². The molecule has 24 heavy (non-hydrogen) atoms. The van der Waals surface area contributed by atoms with Crippen molar-refractivity contribution in [3.05, 3.63) is 34.9 Å². The van der Waals surface area contributed by atoms with Gasteiger partial charge in [-0.25, -0.2) is 14.6 Å². The highest BCUT2D eigenvalue weighted by Crippen LogP contribution is 2.25. The Kier molecular flexibility index (Phi) is 4.45. The summed E-state index contributed by atoms with van der Waals surface area (Å²) in [6.45, 7) is 1.99. The van der Waals surface area contributed by atoms with Gasteiger partial charge in [0, 0.05) is 6.54 Å². The molecule has 0 aliphatic heterocycles. The topological polar surface area (TPSA) is 102 Å². The summed E-state index contributed by atoms with van der Waals surface area (Å²) >= 11 is 1.53. The molecule has 0 spiro atoms. The molecular weight excluding hydrogens is 330 g/mol. The Morgan fingerprint density at radius 2 is 2.33 bits per heavy atom. The molecule has 126 valence electrons. The summed E-state index contributed by atoms with van der Waals surface area (Å²) < 4.78 is 6.09. The molecule has 0 radical (unpaired) electrons. The second kappa shape index (κ2) is 6.54. The first-order valence-corrected chi connectivity index (χ1v) is 8.18. The minimum Gasteiger partial charge on any atom is -0.468 e. The van der Waals surface area contributed by atoms with Crippen molar-refractivity contribution in [2.75, 3.05) is 19.0 Å². The third-order valence-corrected chi connectivity index (χ3v) is 4.37. The summed E-state index contributed by atoms with van der Waals surface area (Å²) in [6.07, 6.45) is 2.97. The maximum atomic E-state index is 11.4. The van der Waals surface area contributed by atoms with Crippen LogP contribution >= 0.6 is 11.3 Å². The van der Waals surface area contributed by atoms with Crippen molar-refractivity contribution in [3.63, 3.8) is 0 Å². The fourth-order valence-electron chi connectivity index (χ4n) is 2.27. The van der Waals surface area contributed by atoms with Crippen LogP contribution in [0.3, 0.4) is 0 Å². The number of nitrogens with zero attached hydrogens (tertiary/aromatic N) is 4. The maximum Gasteiger partial charge on any atom is 0.327 e. The standard InChI is InChI=1S/C15H17N5O3S/c1-15(22,10-3-4-24-7-10)8-16-13-11-5-19-20(6-12(21)23-2)14(11)18-9-17-13/h3-5,7,9,22H,6,8H2,1-2H3,(H,16,17,18). The number of esters is 1. The van der Waals surface area contributed by atoms with Crippen LogP contribution in [0.25, 0.3) is 11.0 Å². The van der Waals surface area contributed by atoms with Crippen LogP contribution in [0.2, 0.25) is 0 Å². The van der Waals surface area contributed by atoms with E-state index in [-0.39, 0.29) is 13.1 Å². The molecule has 3 rings (SSSR count). The van der Waals surface area contributed by atoms with Crippen LogP contribution in [0, 0.1) is 0 Å². The zero-order valence-corrected chi connectivity index (χ0v) is 14.1. The van der Waals surface area contributed by atoms with Gasteiger partial charge in [0.2, 0.25) is 0 Å². The molecule has 3 aromatic heterocycles. The van der Waals surface area contributed by atoms with Crippen molar-refractivity contribution < 1.29 is 14.6 Å². The van der Waals surface area contributed by atoms with E-state index in [9.17, 15) is 9.90 Å². The molecule has 0 aliphatic rings. The van der Waals surface area contributed by atoms with Crippen LogP contribution in [0.1, 0.15) is 12.5 Å². The second-order valence-electron chi connectivity index (χ2n) is 5.48. The van der Waals surface area contributed by atoms with Gasteiger partial charge in [-0.05, 0) is 29.3 Å². The Bertz CT molecular complexity index is 844. The lowest BCUT2D eigenvalue weighted by molar-refractivity contribution is -0.141. The highest BCUT2D eigenvalue weighted by Gasteiger charge is 2.24. The first-order chi connectivity index (χ1) is 11.5. The van der Waals surface area contributed by atoms with Gasteiger partial charge in [-0.15, -0.1) is 0 Å². The molecule has 0 amide bonds. The highest BCUT2D eigenvalue weighted by molar-refractivity contribution is 7.08. The van der Waals surface area contributed by atoms with Crippen molar-refractivity contribution in [2.24, 2.45) is 0 Å².